The van der Waals surface area contributed by atoms with E-state index in [-0.39, 0.29) is 11.9 Å². The van der Waals surface area contributed by atoms with Crippen molar-refractivity contribution >= 4 is 17.8 Å². The summed E-state index contributed by atoms with van der Waals surface area (Å²) in [6.07, 6.45) is 6.29. The Morgan fingerprint density at radius 1 is 1.39 bits per heavy atom. The SMILES string of the molecule is CC/C=C\CC[C@H]1N[C@@](CO)(C(=O)OC)[C@H]2C(=O)N(C)C(=O)[C@@H]12. The van der Waals surface area contributed by atoms with Crippen molar-refractivity contribution in [1.29, 1.82) is 0 Å². The number of amides is 2. The van der Waals surface area contributed by atoms with E-state index in [1.54, 1.807) is 0 Å². The van der Waals surface area contributed by atoms with E-state index in [4.69, 9.17) is 4.74 Å². The van der Waals surface area contributed by atoms with Gasteiger partial charge < -0.3 is 9.84 Å². The van der Waals surface area contributed by atoms with Gasteiger partial charge in [-0.2, -0.15) is 0 Å². The molecule has 0 spiro atoms. The molecule has 4 atom stereocenters. The number of imide groups is 1. The second-order valence-corrected chi connectivity index (χ2v) is 6.07. The standard InChI is InChI=1S/C16H24N2O5/c1-4-5-6-7-8-10-11-12(14(21)18(2)13(11)20)16(9-19,17-10)15(22)23-3/h5-6,10-12,17,19H,4,7-9H2,1-3H3/b6-5-/t10-,11+,12-,16-/m1/s1. The number of carbonyl (C=O) groups is 3. The van der Waals surface area contributed by atoms with Gasteiger partial charge in [-0.3, -0.25) is 19.8 Å². The number of esters is 1. The summed E-state index contributed by atoms with van der Waals surface area (Å²) < 4.78 is 4.79. The van der Waals surface area contributed by atoms with Gasteiger partial charge in [-0.1, -0.05) is 19.1 Å². The van der Waals surface area contributed by atoms with Crippen LogP contribution in [0.2, 0.25) is 0 Å². The minimum absolute atomic E-state index is 0.309. The highest BCUT2D eigenvalue weighted by Gasteiger charge is 2.67. The molecule has 0 aromatic heterocycles. The Hall–Kier alpha value is -1.73. The molecule has 0 aromatic carbocycles. The second-order valence-electron chi connectivity index (χ2n) is 6.07. The summed E-state index contributed by atoms with van der Waals surface area (Å²) in [5.74, 6) is -3.03. The number of hydrogen-bond donors (Lipinski definition) is 2. The van der Waals surface area contributed by atoms with Crippen LogP contribution in [-0.2, 0) is 19.1 Å². The molecule has 2 fully saturated rings. The largest absolute Gasteiger partial charge is 0.468 e. The van der Waals surface area contributed by atoms with Gasteiger partial charge in [-0.15, -0.1) is 0 Å². The minimum atomic E-state index is -1.55. The highest BCUT2D eigenvalue weighted by Crippen LogP contribution is 2.44. The number of carbonyl (C=O) groups excluding carboxylic acids is 3. The molecule has 128 valence electrons. The number of methoxy groups -OCH3 is 1. The molecule has 7 nitrogen and oxygen atoms in total. The van der Waals surface area contributed by atoms with Crippen LogP contribution in [0.1, 0.15) is 26.2 Å². The topological polar surface area (TPSA) is 95.9 Å². The smallest absolute Gasteiger partial charge is 0.329 e. The Labute approximate surface area is 135 Å². The maximum Gasteiger partial charge on any atom is 0.329 e. The van der Waals surface area contributed by atoms with E-state index in [9.17, 15) is 19.5 Å². The highest BCUT2D eigenvalue weighted by molar-refractivity contribution is 6.09. The number of rotatable bonds is 6. The van der Waals surface area contributed by atoms with Crippen molar-refractivity contribution in [3.05, 3.63) is 12.2 Å². The fourth-order valence-electron chi connectivity index (χ4n) is 3.66. The third-order valence-electron chi connectivity index (χ3n) is 4.82. The molecule has 2 saturated heterocycles. The van der Waals surface area contributed by atoms with Gasteiger partial charge in [0, 0.05) is 13.1 Å². The molecule has 2 aliphatic heterocycles. The molecule has 0 bridgehead atoms. The average molecular weight is 324 g/mol. The summed E-state index contributed by atoms with van der Waals surface area (Å²) >= 11 is 0. The van der Waals surface area contributed by atoms with Gasteiger partial charge in [-0.05, 0) is 19.3 Å². The Morgan fingerprint density at radius 2 is 2.09 bits per heavy atom. The Bertz CT molecular complexity index is 533. The molecule has 7 heteroatoms. The summed E-state index contributed by atoms with van der Waals surface area (Å²) in [5, 5.41) is 12.9. The number of nitrogens with zero attached hydrogens (tertiary/aromatic N) is 1. The van der Waals surface area contributed by atoms with Crippen LogP contribution in [0, 0.1) is 11.8 Å². The van der Waals surface area contributed by atoms with Gasteiger partial charge in [0.2, 0.25) is 11.8 Å². The van der Waals surface area contributed by atoms with E-state index >= 15 is 0 Å². The van der Waals surface area contributed by atoms with E-state index in [2.05, 4.69) is 5.32 Å². The molecule has 0 aliphatic carbocycles. The molecule has 23 heavy (non-hydrogen) atoms. The van der Waals surface area contributed by atoms with Gasteiger partial charge in [0.05, 0.1) is 25.6 Å². The summed E-state index contributed by atoms with van der Waals surface area (Å²) in [6, 6.07) is -0.353. The molecule has 2 aliphatic rings. The lowest BCUT2D eigenvalue weighted by Gasteiger charge is -2.29. The maximum absolute atomic E-state index is 12.4. The summed E-state index contributed by atoms with van der Waals surface area (Å²) in [7, 11) is 2.62. The predicted octanol–water partition coefficient (Wildman–Crippen LogP) is -0.160. The predicted molar refractivity (Wildman–Crippen MR) is 82.2 cm³/mol. The zero-order valence-corrected chi connectivity index (χ0v) is 13.7. The lowest BCUT2D eigenvalue weighted by atomic mass is 9.80. The van der Waals surface area contributed by atoms with Crippen LogP contribution in [0.5, 0.6) is 0 Å². The summed E-state index contributed by atoms with van der Waals surface area (Å²) in [4.78, 5) is 38.2. The molecule has 0 aromatic rings. The number of fused-ring (bicyclic) bond motifs is 1. The number of nitrogens with one attached hydrogen (secondary N) is 1. The maximum atomic E-state index is 12.4. The molecule has 2 heterocycles. The van der Waals surface area contributed by atoms with Crippen molar-refractivity contribution in [3.63, 3.8) is 0 Å². The normalized spacial score (nSPS) is 33.6. The fourth-order valence-corrected chi connectivity index (χ4v) is 3.66. The van der Waals surface area contributed by atoms with E-state index in [1.807, 2.05) is 19.1 Å². The van der Waals surface area contributed by atoms with Gasteiger partial charge in [0.15, 0.2) is 5.54 Å². The molecule has 2 rings (SSSR count). The number of hydrogen-bond acceptors (Lipinski definition) is 6. The summed E-state index contributed by atoms with van der Waals surface area (Å²) in [6.45, 7) is 1.44. The van der Waals surface area contributed by atoms with Crippen LogP contribution < -0.4 is 5.32 Å². The van der Waals surface area contributed by atoms with Crippen molar-refractivity contribution in [2.75, 3.05) is 20.8 Å². The van der Waals surface area contributed by atoms with E-state index in [0.717, 1.165) is 17.7 Å². The van der Waals surface area contributed by atoms with Crippen molar-refractivity contribution in [3.8, 4) is 0 Å². The van der Waals surface area contributed by atoms with E-state index in [0.29, 0.717) is 6.42 Å². The molecule has 0 saturated carbocycles. The third-order valence-corrected chi connectivity index (χ3v) is 4.82. The quantitative estimate of drug-likeness (QED) is 0.400. The Balaban J connectivity index is 2.33. The number of ether oxygens (including phenoxy) is 1. The number of aliphatic hydroxyl groups excluding tert-OH is 1. The molecule has 2 N–H and O–H groups in total. The first-order valence-electron chi connectivity index (χ1n) is 7.88. The van der Waals surface area contributed by atoms with E-state index in [1.165, 1.54) is 14.2 Å². The fraction of sp³-hybridized carbons (Fsp3) is 0.688. The third kappa shape index (κ3) is 2.68. The molecule has 0 radical (unpaired) electrons. The van der Waals surface area contributed by atoms with Crippen LogP contribution in [0.25, 0.3) is 0 Å². The van der Waals surface area contributed by atoms with E-state index < -0.39 is 35.9 Å². The first kappa shape index (κ1) is 17.6. The van der Waals surface area contributed by atoms with Crippen molar-refractivity contribution in [1.82, 2.24) is 10.2 Å². The molecule has 0 unspecified atom stereocenters. The first-order valence-corrected chi connectivity index (χ1v) is 7.88. The zero-order valence-electron chi connectivity index (χ0n) is 13.7. The number of likely N-dealkylation sites (tertiary alicyclic amines) is 1. The second kappa shape index (κ2) is 6.80. The Kier molecular flexibility index (Phi) is 5.21. The number of aliphatic hydroxyl groups is 1. The van der Waals surface area contributed by atoms with Gasteiger partial charge in [0.25, 0.3) is 0 Å². The van der Waals surface area contributed by atoms with Crippen LogP contribution in [0.15, 0.2) is 12.2 Å². The summed E-state index contributed by atoms with van der Waals surface area (Å²) in [5.41, 5.74) is -1.55. The first-order chi connectivity index (χ1) is 10.9. The van der Waals surface area contributed by atoms with Gasteiger partial charge >= 0.3 is 5.97 Å². The monoisotopic (exact) mass is 324 g/mol. The van der Waals surface area contributed by atoms with Crippen molar-refractivity contribution in [2.45, 2.75) is 37.8 Å². The minimum Gasteiger partial charge on any atom is -0.468 e. The van der Waals surface area contributed by atoms with Crippen LogP contribution in [0.3, 0.4) is 0 Å². The van der Waals surface area contributed by atoms with Gasteiger partial charge in [0.1, 0.15) is 0 Å². The van der Waals surface area contributed by atoms with Crippen LogP contribution >= 0.6 is 0 Å². The molecule has 2 amide bonds. The molecular formula is C16H24N2O5. The van der Waals surface area contributed by atoms with Crippen molar-refractivity contribution < 1.29 is 24.2 Å². The Morgan fingerprint density at radius 3 is 2.65 bits per heavy atom. The highest BCUT2D eigenvalue weighted by atomic mass is 16.5. The average Bonchev–Trinajstić information content (AvgIpc) is 3.01. The zero-order chi connectivity index (χ0) is 17.2. The lowest BCUT2D eigenvalue weighted by molar-refractivity contribution is -0.156. The van der Waals surface area contributed by atoms with Gasteiger partial charge in [-0.25, -0.2) is 4.79 Å². The number of allylic oxidation sites excluding steroid dienone is 2. The van der Waals surface area contributed by atoms with Crippen LogP contribution in [0.4, 0.5) is 0 Å². The van der Waals surface area contributed by atoms with Crippen molar-refractivity contribution in [2.24, 2.45) is 11.8 Å². The molecular weight excluding hydrogens is 300 g/mol. The lowest BCUT2D eigenvalue weighted by Crippen LogP contribution is -2.59. The van der Waals surface area contributed by atoms with Crippen LogP contribution in [-0.4, -0.2) is 60.1 Å².